The summed E-state index contributed by atoms with van der Waals surface area (Å²) in [6.45, 7) is 3.36. The fourth-order valence-corrected chi connectivity index (χ4v) is 2.84. The minimum Gasteiger partial charge on any atom is -0.481 e. The highest BCUT2D eigenvalue weighted by molar-refractivity contribution is 5.75. The summed E-state index contributed by atoms with van der Waals surface area (Å²) in [7, 11) is 0. The molecule has 0 aromatic carbocycles. The Hall–Kier alpha value is -1.30. The summed E-state index contributed by atoms with van der Waals surface area (Å²) in [4.78, 5) is 24.5. The number of carboxylic acid groups (broad SMARTS) is 1. The van der Waals surface area contributed by atoms with Crippen LogP contribution in [0, 0.1) is 0 Å². The van der Waals surface area contributed by atoms with Crippen LogP contribution in [0.25, 0.3) is 0 Å². The number of morpholine rings is 1. The first kappa shape index (κ1) is 14.1. The number of ether oxygens (including phenoxy) is 1. The highest BCUT2D eigenvalue weighted by Crippen LogP contribution is 2.29. The molecule has 1 saturated carbocycles. The van der Waals surface area contributed by atoms with Gasteiger partial charge in [-0.2, -0.15) is 0 Å². The molecule has 1 unspecified atom stereocenters. The van der Waals surface area contributed by atoms with Crippen molar-refractivity contribution in [2.75, 3.05) is 19.7 Å². The van der Waals surface area contributed by atoms with Gasteiger partial charge < -0.3 is 20.1 Å². The first-order valence-corrected chi connectivity index (χ1v) is 6.89. The molecule has 108 valence electrons. The van der Waals surface area contributed by atoms with Gasteiger partial charge in [-0.25, -0.2) is 4.79 Å². The summed E-state index contributed by atoms with van der Waals surface area (Å²) in [6, 6.07) is -0.0944. The number of carboxylic acids is 1. The van der Waals surface area contributed by atoms with Gasteiger partial charge in [0.2, 0.25) is 0 Å². The van der Waals surface area contributed by atoms with Gasteiger partial charge in [0.15, 0.2) is 0 Å². The molecule has 0 aromatic rings. The Morgan fingerprint density at radius 2 is 2.11 bits per heavy atom. The standard InChI is InChI=1S/C13H22N2O4/c1-13(4-2-3-5-13)14-12(18)15-6-7-19-10(9-15)8-11(16)17/h10H,2-9H2,1H3,(H,14,18)(H,16,17). The predicted octanol–water partition coefficient (Wildman–Crippen LogP) is 1.20. The van der Waals surface area contributed by atoms with E-state index in [2.05, 4.69) is 12.2 Å². The lowest BCUT2D eigenvalue weighted by atomic mass is 10.0. The average Bonchev–Trinajstić information content (AvgIpc) is 2.75. The van der Waals surface area contributed by atoms with Crippen molar-refractivity contribution in [2.45, 2.75) is 50.7 Å². The first-order valence-electron chi connectivity index (χ1n) is 6.89. The molecule has 2 aliphatic rings. The van der Waals surface area contributed by atoms with E-state index in [9.17, 15) is 9.59 Å². The summed E-state index contributed by atoms with van der Waals surface area (Å²) in [5, 5.41) is 11.8. The zero-order valence-corrected chi connectivity index (χ0v) is 11.4. The molecule has 2 fully saturated rings. The molecule has 1 saturated heterocycles. The van der Waals surface area contributed by atoms with E-state index >= 15 is 0 Å². The number of nitrogens with zero attached hydrogens (tertiary/aromatic N) is 1. The van der Waals surface area contributed by atoms with Crippen molar-refractivity contribution in [3.8, 4) is 0 Å². The summed E-state index contributed by atoms with van der Waals surface area (Å²) in [5.74, 6) is -0.894. The number of carbonyl (C=O) groups excluding carboxylic acids is 1. The maximum atomic E-state index is 12.2. The molecule has 2 N–H and O–H groups in total. The first-order chi connectivity index (χ1) is 8.98. The maximum Gasteiger partial charge on any atom is 0.317 e. The van der Waals surface area contributed by atoms with E-state index in [1.54, 1.807) is 4.90 Å². The van der Waals surface area contributed by atoms with E-state index in [0.29, 0.717) is 19.7 Å². The summed E-state index contributed by atoms with van der Waals surface area (Å²) in [6.07, 6.45) is 3.89. The average molecular weight is 270 g/mol. The molecule has 2 rings (SSSR count). The third kappa shape index (κ3) is 3.83. The van der Waals surface area contributed by atoms with E-state index < -0.39 is 12.1 Å². The van der Waals surface area contributed by atoms with E-state index in [1.165, 1.54) is 0 Å². The number of carbonyl (C=O) groups is 2. The zero-order valence-electron chi connectivity index (χ0n) is 11.4. The third-order valence-corrected chi connectivity index (χ3v) is 3.94. The smallest absolute Gasteiger partial charge is 0.317 e. The molecule has 0 bridgehead atoms. The molecule has 1 aliphatic carbocycles. The number of urea groups is 1. The third-order valence-electron chi connectivity index (χ3n) is 3.94. The maximum absolute atomic E-state index is 12.2. The minimum atomic E-state index is -0.894. The van der Waals surface area contributed by atoms with Crippen LogP contribution in [0.4, 0.5) is 4.79 Å². The van der Waals surface area contributed by atoms with Crippen molar-refractivity contribution in [2.24, 2.45) is 0 Å². The lowest BCUT2D eigenvalue weighted by Gasteiger charge is -2.35. The summed E-state index contributed by atoms with van der Waals surface area (Å²) >= 11 is 0. The van der Waals surface area contributed by atoms with Crippen molar-refractivity contribution in [1.29, 1.82) is 0 Å². The number of hydrogen-bond donors (Lipinski definition) is 2. The second-order valence-electron chi connectivity index (χ2n) is 5.73. The van der Waals surface area contributed by atoms with Gasteiger partial charge in [-0.15, -0.1) is 0 Å². The van der Waals surface area contributed by atoms with E-state index in [0.717, 1.165) is 25.7 Å². The topological polar surface area (TPSA) is 78.9 Å². The largest absolute Gasteiger partial charge is 0.481 e. The number of rotatable bonds is 3. The summed E-state index contributed by atoms with van der Waals surface area (Å²) in [5.41, 5.74) is -0.0995. The molecule has 0 radical (unpaired) electrons. The van der Waals surface area contributed by atoms with Gasteiger partial charge >= 0.3 is 12.0 Å². The number of hydrogen-bond acceptors (Lipinski definition) is 3. The molecule has 6 nitrogen and oxygen atoms in total. The lowest BCUT2D eigenvalue weighted by molar-refractivity contribution is -0.141. The Balaban J connectivity index is 1.86. The Labute approximate surface area is 113 Å². The molecule has 19 heavy (non-hydrogen) atoms. The molecule has 6 heteroatoms. The van der Waals surface area contributed by atoms with E-state index in [1.807, 2.05) is 0 Å². The SMILES string of the molecule is CC1(NC(=O)N2CCOC(CC(=O)O)C2)CCCC1. The van der Waals surface area contributed by atoms with Crippen molar-refractivity contribution < 1.29 is 19.4 Å². The van der Waals surface area contributed by atoms with Crippen LogP contribution in [0.15, 0.2) is 0 Å². The monoisotopic (exact) mass is 270 g/mol. The molecule has 2 amide bonds. The highest BCUT2D eigenvalue weighted by atomic mass is 16.5. The number of aliphatic carboxylic acids is 1. The normalized spacial score (nSPS) is 26.2. The molecular formula is C13H22N2O4. The van der Waals surface area contributed by atoms with Crippen molar-refractivity contribution in [1.82, 2.24) is 10.2 Å². The minimum absolute atomic E-state index is 0.0545. The van der Waals surface area contributed by atoms with Crippen molar-refractivity contribution in [3.05, 3.63) is 0 Å². The van der Waals surface area contributed by atoms with Crippen LogP contribution in [0.3, 0.4) is 0 Å². The molecule has 1 heterocycles. The van der Waals surface area contributed by atoms with Crippen molar-refractivity contribution >= 4 is 12.0 Å². The number of amides is 2. The van der Waals surface area contributed by atoms with E-state index in [4.69, 9.17) is 9.84 Å². The Kier molecular flexibility index (Phi) is 4.29. The van der Waals surface area contributed by atoms with Crippen LogP contribution in [-0.4, -0.2) is 53.3 Å². The Morgan fingerprint density at radius 1 is 1.42 bits per heavy atom. The van der Waals surface area contributed by atoms with Gasteiger partial charge in [0.25, 0.3) is 0 Å². The van der Waals surface area contributed by atoms with Gasteiger partial charge in [0, 0.05) is 18.6 Å². The van der Waals surface area contributed by atoms with E-state index in [-0.39, 0.29) is 18.0 Å². The highest BCUT2D eigenvalue weighted by Gasteiger charge is 2.33. The van der Waals surface area contributed by atoms with Crippen LogP contribution >= 0.6 is 0 Å². The second kappa shape index (κ2) is 5.77. The molecule has 0 spiro atoms. The molecule has 0 aromatic heterocycles. The summed E-state index contributed by atoms with van der Waals surface area (Å²) < 4.78 is 5.36. The van der Waals surface area contributed by atoms with Crippen molar-refractivity contribution in [3.63, 3.8) is 0 Å². The Bertz CT molecular complexity index is 353. The predicted molar refractivity (Wildman–Crippen MR) is 69.0 cm³/mol. The van der Waals surface area contributed by atoms with Crippen LogP contribution < -0.4 is 5.32 Å². The number of nitrogens with one attached hydrogen (secondary N) is 1. The zero-order chi connectivity index (χ0) is 13.9. The van der Waals surface area contributed by atoms with Gasteiger partial charge in [0.1, 0.15) is 0 Å². The van der Waals surface area contributed by atoms with Crippen LogP contribution in [0.1, 0.15) is 39.0 Å². The lowest BCUT2D eigenvalue weighted by Crippen LogP contribution is -2.55. The van der Waals surface area contributed by atoms with Crippen LogP contribution in [0.2, 0.25) is 0 Å². The molecular weight excluding hydrogens is 248 g/mol. The fourth-order valence-electron chi connectivity index (χ4n) is 2.84. The second-order valence-corrected chi connectivity index (χ2v) is 5.73. The van der Waals surface area contributed by atoms with Crippen LogP contribution in [-0.2, 0) is 9.53 Å². The molecule has 1 atom stereocenters. The van der Waals surface area contributed by atoms with Gasteiger partial charge in [-0.05, 0) is 19.8 Å². The Morgan fingerprint density at radius 3 is 2.74 bits per heavy atom. The van der Waals surface area contributed by atoms with Gasteiger partial charge in [-0.1, -0.05) is 12.8 Å². The fraction of sp³-hybridized carbons (Fsp3) is 0.846. The van der Waals surface area contributed by atoms with Gasteiger partial charge in [-0.3, -0.25) is 4.79 Å². The quantitative estimate of drug-likeness (QED) is 0.807. The van der Waals surface area contributed by atoms with Crippen LogP contribution in [0.5, 0.6) is 0 Å². The molecule has 1 aliphatic heterocycles. The van der Waals surface area contributed by atoms with Gasteiger partial charge in [0.05, 0.1) is 19.1 Å².